The Balaban J connectivity index is 2.12. The fourth-order valence-corrected chi connectivity index (χ4v) is 2.92. The highest BCUT2D eigenvalue weighted by Crippen LogP contribution is 2.81. The molecule has 0 aromatic carbocycles. The zero-order valence-corrected chi connectivity index (χ0v) is 6.39. The molecule has 0 aromatic rings. The summed E-state index contributed by atoms with van der Waals surface area (Å²) in [6.07, 6.45) is 0. The lowest BCUT2D eigenvalue weighted by molar-refractivity contribution is 0.362. The molecular weight excluding hydrogens is 110 g/mol. The van der Waals surface area contributed by atoms with Crippen molar-refractivity contribution in [1.82, 2.24) is 0 Å². The summed E-state index contributed by atoms with van der Waals surface area (Å²) in [4.78, 5) is 0. The molecule has 3 unspecified atom stereocenters. The Bertz CT molecular complexity index is 137. The summed E-state index contributed by atoms with van der Waals surface area (Å²) in [5.74, 6) is 2.65. The van der Waals surface area contributed by atoms with Gasteiger partial charge in [-0.15, -0.1) is 0 Å². The van der Waals surface area contributed by atoms with E-state index >= 15 is 0 Å². The predicted molar refractivity (Wildman–Crippen MR) is 37.9 cm³/mol. The Morgan fingerprint density at radius 1 is 1.44 bits per heavy atom. The molecule has 0 spiro atoms. The topological polar surface area (TPSA) is 26.0 Å². The van der Waals surface area contributed by atoms with Gasteiger partial charge in [-0.3, -0.25) is 0 Å². The SMILES string of the molecule is CC(C)C12C(C)C1[C@@H]2N. The minimum atomic E-state index is 0.562. The molecule has 0 bridgehead atoms. The second-order valence-electron chi connectivity index (χ2n) is 3.99. The van der Waals surface area contributed by atoms with Gasteiger partial charge in [0.15, 0.2) is 0 Å². The normalized spacial score (nSPS) is 61.7. The summed E-state index contributed by atoms with van der Waals surface area (Å²) in [7, 11) is 0. The first kappa shape index (κ1) is 5.72. The summed E-state index contributed by atoms with van der Waals surface area (Å²) >= 11 is 0. The maximum Gasteiger partial charge on any atom is 0.0141 e. The van der Waals surface area contributed by atoms with Gasteiger partial charge < -0.3 is 5.73 Å². The molecule has 2 saturated carbocycles. The summed E-state index contributed by atoms with van der Waals surface area (Å²) in [5, 5.41) is 0. The smallest absolute Gasteiger partial charge is 0.0141 e. The van der Waals surface area contributed by atoms with Crippen LogP contribution in [-0.2, 0) is 0 Å². The predicted octanol–water partition coefficient (Wildman–Crippen LogP) is 1.24. The lowest BCUT2D eigenvalue weighted by Crippen LogP contribution is -2.24. The van der Waals surface area contributed by atoms with Crippen molar-refractivity contribution < 1.29 is 0 Å². The molecule has 0 amide bonds. The zero-order valence-electron chi connectivity index (χ0n) is 6.39. The minimum absolute atomic E-state index is 0.562. The van der Waals surface area contributed by atoms with E-state index in [1.807, 2.05) is 0 Å². The van der Waals surface area contributed by atoms with Crippen LogP contribution in [0.3, 0.4) is 0 Å². The molecule has 9 heavy (non-hydrogen) atoms. The van der Waals surface area contributed by atoms with Crippen molar-refractivity contribution in [1.29, 1.82) is 0 Å². The van der Waals surface area contributed by atoms with Gasteiger partial charge in [-0.05, 0) is 23.2 Å². The van der Waals surface area contributed by atoms with Crippen molar-refractivity contribution in [2.24, 2.45) is 28.9 Å². The van der Waals surface area contributed by atoms with Crippen LogP contribution in [0.15, 0.2) is 0 Å². The molecule has 2 aliphatic carbocycles. The summed E-state index contributed by atoms with van der Waals surface area (Å²) in [6.45, 7) is 6.92. The molecule has 2 fully saturated rings. The van der Waals surface area contributed by atoms with Crippen molar-refractivity contribution in [3.8, 4) is 0 Å². The molecule has 4 atom stereocenters. The first-order valence-electron chi connectivity index (χ1n) is 3.89. The summed E-state index contributed by atoms with van der Waals surface area (Å²) in [5.41, 5.74) is 6.45. The van der Waals surface area contributed by atoms with Gasteiger partial charge in [0.25, 0.3) is 0 Å². The highest BCUT2D eigenvalue weighted by molar-refractivity contribution is 5.34. The van der Waals surface area contributed by atoms with Gasteiger partial charge in [0.2, 0.25) is 0 Å². The third-order valence-corrected chi connectivity index (χ3v) is 3.65. The van der Waals surface area contributed by atoms with Crippen LogP contribution in [0.2, 0.25) is 0 Å². The van der Waals surface area contributed by atoms with E-state index in [2.05, 4.69) is 20.8 Å². The van der Waals surface area contributed by atoms with E-state index in [9.17, 15) is 0 Å². The Kier molecular flexibility index (Phi) is 0.760. The number of nitrogens with two attached hydrogens (primary N) is 1. The molecule has 0 aliphatic heterocycles. The second-order valence-corrected chi connectivity index (χ2v) is 3.99. The van der Waals surface area contributed by atoms with Gasteiger partial charge in [-0.1, -0.05) is 20.8 Å². The Morgan fingerprint density at radius 3 is 2.00 bits per heavy atom. The number of hydrogen-bond donors (Lipinski definition) is 1. The van der Waals surface area contributed by atoms with E-state index in [1.54, 1.807) is 0 Å². The fourth-order valence-electron chi connectivity index (χ4n) is 2.92. The maximum atomic E-state index is 5.84. The molecule has 2 N–H and O–H groups in total. The Hall–Kier alpha value is -0.0400. The van der Waals surface area contributed by atoms with Crippen molar-refractivity contribution in [3.05, 3.63) is 0 Å². The van der Waals surface area contributed by atoms with Crippen LogP contribution in [0.25, 0.3) is 0 Å². The van der Waals surface area contributed by atoms with Crippen LogP contribution in [0, 0.1) is 23.2 Å². The van der Waals surface area contributed by atoms with Crippen LogP contribution in [0.4, 0.5) is 0 Å². The van der Waals surface area contributed by atoms with Gasteiger partial charge in [-0.25, -0.2) is 0 Å². The third kappa shape index (κ3) is 0.362. The van der Waals surface area contributed by atoms with Crippen molar-refractivity contribution in [2.75, 3.05) is 0 Å². The third-order valence-electron chi connectivity index (χ3n) is 3.65. The van der Waals surface area contributed by atoms with E-state index < -0.39 is 0 Å². The molecule has 2 rings (SSSR count). The molecule has 1 heteroatoms. The molecular formula is C8H15N. The van der Waals surface area contributed by atoms with Crippen molar-refractivity contribution in [2.45, 2.75) is 26.8 Å². The largest absolute Gasteiger partial charge is 0.327 e. The average molecular weight is 125 g/mol. The Morgan fingerprint density at radius 2 is 2.00 bits per heavy atom. The second kappa shape index (κ2) is 1.20. The molecule has 0 heterocycles. The lowest BCUT2D eigenvalue weighted by atomic mass is 9.93. The lowest BCUT2D eigenvalue weighted by Gasteiger charge is -2.15. The molecule has 0 saturated heterocycles. The maximum absolute atomic E-state index is 5.84. The molecule has 1 nitrogen and oxygen atoms in total. The molecule has 0 aromatic heterocycles. The minimum Gasteiger partial charge on any atom is -0.327 e. The quantitative estimate of drug-likeness (QED) is 0.560. The highest BCUT2D eigenvalue weighted by Gasteiger charge is 2.83. The van der Waals surface area contributed by atoms with Crippen LogP contribution in [0.1, 0.15) is 20.8 Å². The van der Waals surface area contributed by atoms with Crippen molar-refractivity contribution >= 4 is 0 Å². The van der Waals surface area contributed by atoms with Crippen LogP contribution >= 0.6 is 0 Å². The number of rotatable bonds is 1. The van der Waals surface area contributed by atoms with Crippen LogP contribution < -0.4 is 5.73 Å². The van der Waals surface area contributed by atoms with E-state index in [1.165, 1.54) is 0 Å². The number of hydrogen-bond acceptors (Lipinski definition) is 1. The molecule has 0 radical (unpaired) electrons. The number of fused-ring (bicyclic) bond motifs is 1. The summed E-state index contributed by atoms with van der Waals surface area (Å²) < 4.78 is 0. The van der Waals surface area contributed by atoms with Gasteiger partial charge in [-0.2, -0.15) is 0 Å². The van der Waals surface area contributed by atoms with E-state index in [4.69, 9.17) is 5.73 Å². The van der Waals surface area contributed by atoms with Gasteiger partial charge in [0.05, 0.1) is 0 Å². The first-order valence-corrected chi connectivity index (χ1v) is 3.89. The molecule has 52 valence electrons. The average Bonchev–Trinajstić information content (AvgIpc) is 2.55. The highest BCUT2D eigenvalue weighted by atomic mass is 15.0. The molecule has 2 aliphatic rings. The van der Waals surface area contributed by atoms with E-state index in [0.717, 1.165) is 17.8 Å². The van der Waals surface area contributed by atoms with Crippen LogP contribution in [0.5, 0.6) is 0 Å². The van der Waals surface area contributed by atoms with E-state index in [-0.39, 0.29) is 0 Å². The van der Waals surface area contributed by atoms with Crippen LogP contribution in [-0.4, -0.2) is 6.04 Å². The van der Waals surface area contributed by atoms with Gasteiger partial charge in [0, 0.05) is 6.04 Å². The van der Waals surface area contributed by atoms with E-state index in [0.29, 0.717) is 11.5 Å². The fraction of sp³-hybridized carbons (Fsp3) is 1.00. The first-order chi connectivity index (χ1) is 4.13. The Labute approximate surface area is 56.6 Å². The van der Waals surface area contributed by atoms with Crippen molar-refractivity contribution in [3.63, 3.8) is 0 Å². The zero-order chi connectivity index (χ0) is 6.81. The monoisotopic (exact) mass is 125 g/mol. The van der Waals surface area contributed by atoms with Gasteiger partial charge in [0.1, 0.15) is 0 Å². The standard InChI is InChI=1S/C8H15N/c1-4(2)8-5(3)6(8)7(8)9/h4-7H,9H2,1-3H3/t5?,6?,7-,8?/m0/s1. The summed E-state index contributed by atoms with van der Waals surface area (Å²) in [6, 6.07) is 0.562. The van der Waals surface area contributed by atoms with Gasteiger partial charge >= 0.3 is 0 Å².